The first-order valence-corrected chi connectivity index (χ1v) is 6.92. The number of benzene rings is 2. The Morgan fingerprint density at radius 1 is 1.29 bits per heavy atom. The fourth-order valence-corrected chi connectivity index (χ4v) is 2.57. The molecule has 0 atom stereocenters. The molecule has 2 aromatic carbocycles. The van der Waals surface area contributed by atoms with E-state index < -0.39 is 5.97 Å². The number of imidazole rings is 1. The van der Waals surface area contributed by atoms with E-state index >= 15 is 0 Å². The number of halogens is 2. The lowest BCUT2D eigenvalue weighted by Crippen LogP contribution is -2.01. The summed E-state index contributed by atoms with van der Waals surface area (Å²) in [5, 5.41) is 0. The Kier molecular flexibility index (Phi) is 3.47. The molecule has 6 heteroatoms. The van der Waals surface area contributed by atoms with Crippen LogP contribution < -0.4 is 0 Å². The third-order valence-electron chi connectivity index (χ3n) is 3.12. The fraction of sp³-hybridized carbons (Fsp3) is 0.0667. The Bertz CT molecular complexity index is 845. The number of nitrogens with zero attached hydrogens (tertiary/aromatic N) is 1. The molecule has 0 bridgehead atoms. The van der Waals surface area contributed by atoms with Gasteiger partial charge in [-0.05, 0) is 40.2 Å². The number of methoxy groups -OCH3 is 1. The number of carbonyl (C=O) groups excluding carboxylic acids is 1. The molecule has 0 spiro atoms. The van der Waals surface area contributed by atoms with Gasteiger partial charge in [0.1, 0.15) is 17.2 Å². The highest BCUT2D eigenvalue weighted by Gasteiger charge is 2.16. The number of H-pyrrole nitrogens is 1. The zero-order valence-electron chi connectivity index (χ0n) is 11.0. The van der Waals surface area contributed by atoms with Gasteiger partial charge in [0.25, 0.3) is 0 Å². The van der Waals surface area contributed by atoms with Crippen LogP contribution in [0.5, 0.6) is 0 Å². The largest absolute Gasteiger partial charge is 0.465 e. The molecule has 0 saturated carbocycles. The molecule has 0 amide bonds. The maximum atomic E-state index is 13.6. The molecule has 0 saturated heterocycles. The average Bonchev–Trinajstić information content (AvgIpc) is 2.92. The number of nitrogens with one attached hydrogen (secondary N) is 1. The second-order valence-corrected chi connectivity index (χ2v) is 5.17. The van der Waals surface area contributed by atoms with Crippen molar-refractivity contribution in [1.29, 1.82) is 0 Å². The van der Waals surface area contributed by atoms with Gasteiger partial charge < -0.3 is 9.72 Å². The molecule has 1 aromatic heterocycles. The standard InChI is InChI=1S/C15H10BrFN2O2/c1-21-15(20)9-5-3-7-11-13(9)19-14(18-11)8-4-2-6-10(17)12(8)16/h2-7H,1H3,(H,18,19). The molecule has 0 aliphatic rings. The SMILES string of the molecule is COC(=O)c1cccc2[nH]c(-c3cccc(F)c3Br)nc12. The second kappa shape index (κ2) is 5.29. The van der Waals surface area contributed by atoms with Crippen molar-refractivity contribution < 1.29 is 13.9 Å². The molecular weight excluding hydrogens is 339 g/mol. The van der Waals surface area contributed by atoms with E-state index in [0.29, 0.717) is 32.5 Å². The van der Waals surface area contributed by atoms with Crippen LogP contribution in [0.2, 0.25) is 0 Å². The summed E-state index contributed by atoms with van der Waals surface area (Å²) in [6, 6.07) is 9.87. The summed E-state index contributed by atoms with van der Waals surface area (Å²) in [7, 11) is 1.32. The predicted molar refractivity (Wildman–Crippen MR) is 80.5 cm³/mol. The van der Waals surface area contributed by atoms with Crippen molar-refractivity contribution in [1.82, 2.24) is 9.97 Å². The Labute approximate surface area is 128 Å². The molecule has 0 aliphatic heterocycles. The van der Waals surface area contributed by atoms with Crippen LogP contribution in [0.3, 0.4) is 0 Å². The number of hydrogen-bond acceptors (Lipinski definition) is 3. The van der Waals surface area contributed by atoms with E-state index in [1.54, 1.807) is 30.3 Å². The lowest BCUT2D eigenvalue weighted by Gasteiger charge is -2.01. The number of hydrogen-bond donors (Lipinski definition) is 1. The zero-order valence-corrected chi connectivity index (χ0v) is 12.6. The van der Waals surface area contributed by atoms with Gasteiger partial charge >= 0.3 is 5.97 Å². The predicted octanol–water partition coefficient (Wildman–Crippen LogP) is 3.92. The Morgan fingerprint density at radius 2 is 2.05 bits per heavy atom. The van der Waals surface area contributed by atoms with E-state index in [1.165, 1.54) is 13.2 Å². The van der Waals surface area contributed by atoms with Crippen LogP contribution in [0.4, 0.5) is 4.39 Å². The van der Waals surface area contributed by atoms with Gasteiger partial charge in [-0.2, -0.15) is 0 Å². The quantitative estimate of drug-likeness (QED) is 0.714. The Morgan fingerprint density at radius 3 is 2.81 bits per heavy atom. The number of aromatic nitrogens is 2. The van der Waals surface area contributed by atoms with Crippen molar-refractivity contribution in [2.45, 2.75) is 0 Å². The first-order valence-electron chi connectivity index (χ1n) is 6.13. The van der Waals surface area contributed by atoms with E-state index in [4.69, 9.17) is 4.74 Å². The summed E-state index contributed by atoms with van der Waals surface area (Å²) in [5.41, 5.74) is 2.13. The van der Waals surface area contributed by atoms with E-state index in [0.717, 1.165) is 0 Å². The van der Waals surface area contributed by atoms with Crippen molar-refractivity contribution >= 4 is 32.9 Å². The number of esters is 1. The van der Waals surface area contributed by atoms with Crippen LogP contribution in [0.15, 0.2) is 40.9 Å². The van der Waals surface area contributed by atoms with Gasteiger partial charge in [-0.25, -0.2) is 14.2 Å². The van der Waals surface area contributed by atoms with Gasteiger partial charge in [0, 0.05) is 5.56 Å². The van der Waals surface area contributed by atoms with Crippen LogP contribution in [0, 0.1) is 5.82 Å². The Hall–Kier alpha value is -2.21. The summed E-state index contributed by atoms with van der Waals surface area (Å²) in [4.78, 5) is 19.2. The van der Waals surface area contributed by atoms with Crippen molar-refractivity contribution in [2.75, 3.05) is 7.11 Å². The molecule has 106 valence electrons. The van der Waals surface area contributed by atoms with Crippen LogP contribution in [0.25, 0.3) is 22.4 Å². The van der Waals surface area contributed by atoms with E-state index in [-0.39, 0.29) is 5.82 Å². The molecule has 0 unspecified atom stereocenters. The Balaban J connectivity index is 2.22. The minimum absolute atomic E-state index is 0.323. The third-order valence-corrected chi connectivity index (χ3v) is 3.93. The molecule has 1 heterocycles. The molecular formula is C15H10BrFN2O2. The lowest BCUT2D eigenvalue weighted by atomic mass is 10.2. The fourth-order valence-electron chi connectivity index (χ4n) is 2.12. The normalized spacial score (nSPS) is 10.8. The lowest BCUT2D eigenvalue weighted by molar-refractivity contribution is 0.0603. The van der Waals surface area contributed by atoms with Crippen molar-refractivity contribution in [3.05, 3.63) is 52.3 Å². The molecule has 0 aliphatic carbocycles. The number of ether oxygens (including phenoxy) is 1. The highest BCUT2D eigenvalue weighted by Crippen LogP contribution is 2.30. The summed E-state index contributed by atoms with van der Waals surface area (Å²) in [6.45, 7) is 0. The van der Waals surface area contributed by atoms with Crippen LogP contribution in [-0.2, 0) is 4.74 Å². The monoisotopic (exact) mass is 348 g/mol. The van der Waals surface area contributed by atoms with E-state index in [1.807, 2.05) is 0 Å². The van der Waals surface area contributed by atoms with Gasteiger partial charge in [0.2, 0.25) is 0 Å². The van der Waals surface area contributed by atoms with Crippen LogP contribution >= 0.6 is 15.9 Å². The summed E-state index contributed by atoms with van der Waals surface area (Å²) < 4.78 is 18.7. The first kappa shape index (κ1) is 13.8. The number of para-hydroxylation sites is 1. The average molecular weight is 349 g/mol. The molecule has 0 fully saturated rings. The number of aromatic amines is 1. The summed E-state index contributed by atoms with van der Waals surface area (Å²) in [5.74, 6) is -0.356. The van der Waals surface area contributed by atoms with E-state index in [9.17, 15) is 9.18 Å². The topological polar surface area (TPSA) is 55.0 Å². The first-order chi connectivity index (χ1) is 10.1. The molecule has 4 nitrogen and oxygen atoms in total. The van der Waals surface area contributed by atoms with Crippen LogP contribution in [0.1, 0.15) is 10.4 Å². The van der Waals surface area contributed by atoms with Gasteiger partial charge in [-0.1, -0.05) is 12.1 Å². The van der Waals surface area contributed by atoms with Crippen molar-refractivity contribution in [3.63, 3.8) is 0 Å². The van der Waals surface area contributed by atoms with Gasteiger partial charge in [-0.3, -0.25) is 0 Å². The zero-order chi connectivity index (χ0) is 15.0. The van der Waals surface area contributed by atoms with Gasteiger partial charge in [-0.15, -0.1) is 0 Å². The van der Waals surface area contributed by atoms with Crippen molar-refractivity contribution in [3.8, 4) is 11.4 Å². The summed E-state index contributed by atoms with van der Waals surface area (Å²) in [6.07, 6.45) is 0. The molecule has 1 N–H and O–H groups in total. The highest BCUT2D eigenvalue weighted by atomic mass is 79.9. The van der Waals surface area contributed by atoms with Crippen molar-refractivity contribution in [2.24, 2.45) is 0 Å². The second-order valence-electron chi connectivity index (χ2n) is 4.38. The maximum Gasteiger partial charge on any atom is 0.340 e. The minimum atomic E-state index is -0.461. The third kappa shape index (κ3) is 2.31. The molecule has 0 radical (unpaired) electrons. The van der Waals surface area contributed by atoms with Gasteiger partial charge in [0.05, 0.1) is 22.7 Å². The highest BCUT2D eigenvalue weighted by molar-refractivity contribution is 9.10. The van der Waals surface area contributed by atoms with Crippen LogP contribution in [-0.4, -0.2) is 23.0 Å². The number of rotatable bonds is 2. The molecule has 3 rings (SSSR count). The summed E-state index contributed by atoms with van der Waals surface area (Å²) >= 11 is 3.21. The van der Waals surface area contributed by atoms with E-state index in [2.05, 4.69) is 25.9 Å². The number of fused-ring (bicyclic) bond motifs is 1. The molecule has 21 heavy (non-hydrogen) atoms. The maximum absolute atomic E-state index is 13.6. The minimum Gasteiger partial charge on any atom is -0.465 e. The smallest absolute Gasteiger partial charge is 0.340 e. The van der Waals surface area contributed by atoms with Gasteiger partial charge in [0.15, 0.2) is 0 Å². The number of carbonyl (C=O) groups is 1. The molecule has 3 aromatic rings.